The summed E-state index contributed by atoms with van der Waals surface area (Å²) in [5.41, 5.74) is 1.91. The van der Waals surface area contributed by atoms with Crippen LogP contribution < -0.4 is 26.6 Å². The molecule has 0 radical (unpaired) electrons. The largest absolute Gasteiger partial charge is 0.351 e. The Morgan fingerprint density at radius 3 is 1.64 bits per heavy atom. The number of rotatable bonds is 10. The summed E-state index contributed by atoms with van der Waals surface area (Å²) in [6, 6.07) is 26.9. The summed E-state index contributed by atoms with van der Waals surface area (Å²) in [4.78, 5) is 41.3. The van der Waals surface area contributed by atoms with E-state index in [1.165, 1.54) is 0 Å². The van der Waals surface area contributed by atoms with Gasteiger partial charge in [0, 0.05) is 24.8 Å². The lowest BCUT2D eigenvalue weighted by Gasteiger charge is -2.29. The van der Waals surface area contributed by atoms with Crippen LogP contribution in [0.5, 0.6) is 0 Å². The maximum atomic E-state index is 14.1. The molecule has 0 aromatic heterocycles. The molecule has 2 fully saturated rings. The van der Waals surface area contributed by atoms with Crippen LogP contribution in [-0.4, -0.2) is 62.0 Å². The summed E-state index contributed by atoms with van der Waals surface area (Å²) in [6.45, 7) is 3.26. The Balaban J connectivity index is 1.24. The lowest BCUT2D eigenvalue weighted by molar-refractivity contribution is -0.133. The zero-order valence-corrected chi connectivity index (χ0v) is 25.7. The Labute approximate surface area is 264 Å². The van der Waals surface area contributed by atoms with Crippen LogP contribution in [0.3, 0.4) is 0 Å². The van der Waals surface area contributed by atoms with Crippen LogP contribution in [0, 0.1) is 5.92 Å². The van der Waals surface area contributed by atoms with Crippen molar-refractivity contribution in [2.75, 3.05) is 26.2 Å². The third-order valence-electron chi connectivity index (χ3n) is 9.17. The van der Waals surface area contributed by atoms with Crippen molar-refractivity contribution >= 4 is 39.3 Å². The molecule has 2 unspecified atom stereocenters. The number of carbonyl (C=O) groups is 3. The van der Waals surface area contributed by atoms with Crippen molar-refractivity contribution in [2.45, 2.75) is 56.7 Å². The second-order valence-corrected chi connectivity index (χ2v) is 12.5. The van der Waals surface area contributed by atoms with Crippen LogP contribution in [-0.2, 0) is 27.2 Å². The molecule has 6 rings (SSSR count). The van der Waals surface area contributed by atoms with Gasteiger partial charge < -0.3 is 26.6 Å². The standard InChI is InChI=1S/C37H43N5O3/c43-35(29-13-17-38-18-14-29)41-34(24-26-10-12-28-6-2-4-8-31(28)22-26)37(45)42-33(36(44)40-32-15-19-39-20-16-32)23-25-9-11-27-5-1-3-7-30(27)21-25/h1-12,21-22,29,32-34,38-39H,13-20,23-24H2,(H,40,44)(H,41,43)(H,42,45). The number of benzene rings is 4. The van der Waals surface area contributed by atoms with Crippen molar-refractivity contribution in [3.8, 4) is 0 Å². The number of fused-ring (bicyclic) bond motifs is 2. The zero-order chi connectivity index (χ0) is 31.0. The first-order valence-corrected chi connectivity index (χ1v) is 16.3. The van der Waals surface area contributed by atoms with E-state index < -0.39 is 12.1 Å². The van der Waals surface area contributed by atoms with Gasteiger partial charge in [-0.2, -0.15) is 0 Å². The Morgan fingerprint density at radius 2 is 1.09 bits per heavy atom. The molecule has 0 bridgehead atoms. The third-order valence-corrected chi connectivity index (χ3v) is 9.17. The predicted molar refractivity (Wildman–Crippen MR) is 179 cm³/mol. The van der Waals surface area contributed by atoms with Gasteiger partial charge in [0.05, 0.1) is 0 Å². The Hall–Kier alpha value is -4.27. The average Bonchev–Trinajstić information content (AvgIpc) is 3.08. The second-order valence-electron chi connectivity index (χ2n) is 12.5. The molecule has 8 heteroatoms. The number of hydrogen-bond acceptors (Lipinski definition) is 5. The fraction of sp³-hybridized carbons (Fsp3) is 0.378. The smallest absolute Gasteiger partial charge is 0.243 e. The van der Waals surface area contributed by atoms with Gasteiger partial charge in [-0.05, 0) is 84.5 Å². The molecule has 0 spiro atoms. The van der Waals surface area contributed by atoms with E-state index in [1.807, 2.05) is 48.5 Å². The SMILES string of the molecule is O=C(NC(Cc1ccc2ccccc2c1)C(=O)NC(Cc1ccc2ccccc2c1)C(=O)NC1CCNCC1)C1CCNCC1. The summed E-state index contributed by atoms with van der Waals surface area (Å²) < 4.78 is 0. The van der Waals surface area contributed by atoms with Gasteiger partial charge in [0.15, 0.2) is 0 Å². The number of carbonyl (C=O) groups excluding carboxylic acids is 3. The molecular weight excluding hydrogens is 562 g/mol. The number of piperidine rings is 2. The van der Waals surface area contributed by atoms with Crippen LogP contribution in [0.25, 0.3) is 21.5 Å². The van der Waals surface area contributed by atoms with E-state index in [4.69, 9.17) is 0 Å². The van der Waals surface area contributed by atoms with Gasteiger partial charge >= 0.3 is 0 Å². The van der Waals surface area contributed by atoms with Crippen LogP contribution >= 0.6 is 0 Å². The lowest BCUT2D eigenvalue weighted by atomic mass is 9.95. The molecule has 4 aromatic rings. The molecule has 3 amide bonds. The van der Waals surface area contributed by atoms with Crippen molar-refractivity contribution < 1.29 is 14.4 Å². The first-order valence-electron chi connectivity index (χ1n) is 16.3. The van der Waals surface area contributed by atoms with Crippen molar-refractivity contribution in [3.63, 3.8) is 0 Å². The van der Waals surface area contributed by atoms with E-state index in [1.54, 1.807) is 0 Å². The van der Waals surface area contributed by atoms with Gasteiger partial charge in [0.2, 0.25) is 17.7 Å². The predicted octanol–water partition coefficient (Wildman–Crippen LogP) is 3.62. The van der Waals surface area contributed by atoms with Gasteiger partial charge in [-0.3, -0.25) is 14.4 Å². The van der Waals surface area contributed by atoms with Crippen LogP contribution in [0.4, 0.5) is 0 Å². The summed E-state index contributed by atoms with van der Waals surface area (Å²) in [7, 11) is 0. The van der Waals surface area contributed by atoms with Gasteiger partial charge in [0.25, 0.3) is 0 Å². The van der Waals surface area contributed by atoms with E-state index in [0.29, 0.717) is 12.8 Å². The monoisotopic (exact) mass is 605 g/mol. The molecule has 234 valence electrons. The quantitative estimate of drug-likeness (QED) is 0.190. The first kappa shape index (κ1) is 30.7. The molecule has 2 saturated heterocycles. The Bertz CT molecular complexity index is 1640. The van der Waals surface area contributed by atoms with E-state index in [-0.39, 0.29) is 29.7 Å². The van der Waals surface area contributed by atoms with Crippen LogP contribution in [0.2, 0.25) is 0 Å². The minimum Gasteiger partial charge on any atom is -0.351 e. The molecule has 45 heavy (non-hydrogen) atoms. The van der Waals surface area contributed by atoms with Crippen molar-refractivity contribution in [3.05, 3.63) is 96.1 Å². The maximum Gasteiger partial charge on any atom is 0.243 e. The van der Waals surface area contributed by atoms with Gasteiger partial charge in [0.1, 0.15) is 12.1 Å². The van der Waals surface area contributed by atoms with Gasteiger partial charge in [-0.25, -0.2) is 0 Å². The topological polar surface area (TPSA) is 111 Å². The fourth-order valence-electron chi connectivity index (χ4n) is 6.54. The highest BCUT2D eigenvalue weighted by atomic mass is 16.2. The molecule has 0 saturated carbocycles. The minimum absolute atomic E-state index is 0.0581. The lowest BCUT2D eigenvalue weighted by Crippen LogP contribution is -2.57. The van der Waals surface area contributed by atoms with Crippen LogP contribution in [0.15, 0.2) is 84.9 Å². The Kier molecular flexibility index (Phi) is 10.0. The van der Waals surface area contributed by atoms with E-state index in [0.717, 1.165) is 84.5 Å². The normalized spacial score (nSPS) is 17.4. The zero-order valence-electron chi connectivity index (χ0n) is 25.7. The molecule has 2 atom stereocenters. The van der Waals surface area contributed by atoms with Crippen molar-refractivity contribution in [1.29, 1.82) is 0 Å². The summed E-state index contributed by atoms with van der Waals surface area (Å²) in [5.74, 6) is -0.799. The molecule has 2 aliphatic heterocycles. The second kappa shape index (κ2) is 14.7. The maximum absolute atomic E-state index is 14.1. The molecular formula is C37H43N5O3. The minimum atomic E-state index is -0.820. The highest BCUT2D eigenvalue weighted by Crippen LogP contribution is 2.20. The number of amides is 3. The summed E-state index contributed by atoms with van der Waals surface area (Å²) in [5, 5.41) is 20.4. The molecule has 5 N–H and O–H groups in total. The highest BCUT2D eigenvalue weighted by Gasteiger charge is 2.31. The van der Waals surface area contributed by atoms with E-state index >= 15 is 0 Å². The number of hydrogen-bond donors (Lipinski definition) is 5. The molecule has 2 aliphatic rings. The van der Waals surface area contributed by atoms with Crippen molar-refractivity contribution in [2.24, 2.45) is 5.92 Å². The van der Waals surface area contributed by atoms with E-state index in [9.17, 15) is 14.4 Å². The highest BCUT2D eigenvalue weighted by molar-refractivity contribution is 5.93. The Morgan fingerprint density at radius 1 is 0.600 bits per heavy atom. The van der Waals surface area contributed by atoms with Gasteiger partial charge in [-0.1, -0.05) is 84.9 Å². The first-order chi connectivity index (χ1) is 22.0. The number of nitrogens with one attached hydrogen (secondary N) is 5. The van der Waals surface area contributed by atoms with Crippen LogP contribution in [0.1, 0.15) is 36.8 Å². The summed E-state index contributed by atoms with van der Waals surface area (Å²) in [6.07, 6.45) is 3.83. The average molecular weight is 606 g/mol. The van der Waals surface area contributed by atoms with Crippen molar-refractivity contribution in [1.82, 2.24) is 26.6 Å². The summed E-state index contributed by atoms with van der Waals surface area (Å²) >= 11 is 0. The van der Waals surface area contributed by atoms with Gasteiger partial charge in [-0.15, -0.1) is 0 Å². The third kappa shape index (κ3) is 8.07. The fourth-order valence-corrected chi connectivity index (χ4v) is 6.54. The van der Waals surface area contributed by atoms with E-state index in [2.05, 4.69) is 63.0 Å². The molecule has 0 aliphatic carbocycles. The molecule has 2 heterocycles. The molecule has 8 nitrogen and oxygen atoms in total. The molecule has 4 aromatic carbocycles.